The lowest BCUT2D eigenvalue weighted by Gasteiger charge is -2.13. The van der Waals surface area contributed by atoms with Crippen molar-refractivity contribution >= 4 is 11.0 Å². The summed E-state index contributed by atoms with van der Waals surface area (Å²) in [7, 11) is 0. The summed E-state index contributed by atoms with van der Waals surface area (Å²) in [5, 5.41) is 0. The molecule has 0 N–H and O–H groups in total. The van der Waals surface area contributed by atoms with Crippen LogP contribution in [-0.2, 0) is 6.54 Å². The van der Waals surface area contributed by atoms with Crippen molar-refractivity contribution in [3.8, 4) is 17.1 Å². The number of hydrogen-bond acceptors (Lipinski definition) is 2. The minimum Gasteiger partial charge on any atom is -0.493 e. The molecule has 0 spiro atoms. The van der Waals surface area contributed by atoms with Gasteiger partial charge in [0.15, 0.2) is 0 Å². The lowest BCUT2D eigenvalue weighted by atomic mass is 10.1. The summed E-state index contributed by atoms with van der Waals surface area (Å²) in [5.41, 5.74) is 6.99. The number of benzene rings is 3. The molecule has 3 nitrogen and oxygen atoms in total. The minimum absolute atomic E-state index is 0.686. The van der Waals surface area contributed by atoms with Crippen LogP contribution in [0, 0.1) is 20.8 Å². The molecule has 0 saturated carbocycles. The molecule has 1 aromatic heterocycles. The van der Waals surface area contributed by atoms with E-state index >= 15 is 0 Å². The van der Waals surface area contributed by atoms with E-state index in [1.165, 1.54) is 22.2 Å². The Hall–Kier alpha value is -3.07. The SMILES string of the molecule is Cc1cccc(-c2nc3ccccc3n2CCCOc2c(C)cccc2C)c1. The Morgan fingerprint density at radius 2 is 1.61 bits per heavy atom. The molecule has 142 valence electrons. The molecular formula is C25H26N2O. The molecule has 0 bridgehead atoms. The van der Waals surface area contributed by atoms with Crippen molar-refractivity contribution in [2.45, 2.75) is 33.7 Å². The van der Waals surface area contributed by atoms with E-state index in [0.29, 0.717) is 6.61 Å². The van der Waals surface area contributed by atoms with E-state index in [9.17, 15) is 0 Å². The van der Waals surface area contributed by atoms with Gasteiger partial charge in [-0.05, 0) is 56.5 Å². The Morgan fingerprint density at radius 3 is 2.39 bits per heavy atom. The molecule has 4 aromatic rings. The molecule has 28 heavy (non-hydrogen) atoms. The average Bonchev–Trinajstić information content (AvgIpc) is 3.06. The van der Waals surface area contributed by atoms with Crippen molar-refractivity contribution in [1.29, 1.82) is 0 Å². The van der Waals surface area contributed by atoms with E-state index in [1.807, 2.05) is 6.07 Å². The van der Waals surface area contributed by atoms with Crippen LogP contribution >= 0.6 is 0 Å². The summed E-state index contributed by atoms with van der Waals surface area (Å²) in [6, 6.07) is 23.2. The number of rotatable bonds is 6. The fourth-order valence-electron chi connectivity index (χ4n) is 3.73. The van der Waals surface area contributed by atoms with Gasteiger partial charge in [-0.1, -0.05) is 54.1 Å². The van der Waals surface area contributed by atoms with E-state index in [1.54, 1.807) is 0 Å². The van der Waals surface area contributed by atoms with Crippen molar-refractivity contribution in [2.75, 3.05) is 6.61 Å². The Balaban J connectivity index is 1.57. The van der Waals surface area contributed by atoms with Gasteiger partial charge in [0.25, 0.3) is 0 Å². The molecule has 3 heteroatoms. The third-order valence-electron chi connectivity index (χ3n) is 5.11. The van der Waals surface area contributed by atoms with Gasteiger partial charge in [0, 0.05) is 12.1 Å². The molecule has 0 amide bonds. The fraction of sp³-hybridized carbons (Fsp3) is 0.240. The number of aromatic nitrogens is 2. The summed E-state index contributed by atoms with van der Waals surface area (Å²) in [6.07, 6.45) is 0.924. The molecule has 0 saturated heterocycles. The lowest BCUT2D eigenvalue weighted by molar-refractivity contribution is 0.299. The highest BCUT2D eigenvalue weighted by Gasteiger charge is 2.12. The number of fused-ring (bicyclic) bond motifs is 1. The van der Waals surface area contributed by atoms with E-state index in [4.69, 9.17) is 9.72 Å². The Morgan fingerprint density at radius 1 is 0.857 bits per heavy atom. The first-order valence-electron chi connectivity index (χ1n) is 9.85. The number of imidazole rings is 1. The number of para-hydroxylation sites is 3. The Bertz CT molecular complexity index is 1090. The van der Waals surface area contributed by atoms with Crippen LogP contribution in [0.1, 0.15) is 23.1 Å². The molecule has 0 atom stereocenters. The van der Waals surface area contributed by atoms with Gasteiger partial charge in [-0.25, -0.2) is 4.98 Å². The molecule has 0 aliphatic rings. The molecular weight excluding hydrogens is 344 g/mol. The summed E-state index contributed by atoms with van der Waals surface area (Å²) in [4.78, 5) is 4.91. The number of aryl methyl sites for hydroxylation is 4. The number of nitrogens with zero attached hydrogens (tertiary/aromatic N) is 2. The van der Waals surface area contributed by atoms with Crippen LogP contribution in [-0.4, -0.2) is 16.2 Å². The first-order valence-corrected chi connectivity index (χ1v) is 9.85. The van der Waals surface area contributed by atoms with Gasteiger partial charge in [-0.15, -0.1) is 0 Å². The summed E-state index contributed by atoms with van der Waals surface area (Å²) >= 11 is 0. The fourth-order valence-corrected chi connectivity index (χ4v) is 3.73. The van der Waals surface area contributed by atoms with Crippen molar-refractivity contribution in [1.82, 2.24) is 9.55 Å². The second kappa shape index (κ2) is 7.89. The zero-order valence-corrected chi connectivity index (χ0v) is 16.8. The van der Waals surface area contributed by atoms with Crippen molar-refractivity contribution < 1.29 is 4.74 Å². The van der Waals surface area contributed by atoms with Crippen molar-refractivity contribution in [3.63, 3.8) is 0 Å². The number of hydrogen-bond donors (Lipinski definition) is 0. The summed E-state index contributed by atoms with van der Waals surface area (Å²) < 4.78 is 8.43. The van der Waals surface area contributed by atoms with Gasteiger partial charge in [0.1, 0.15) is 11.6 Å². The van der Waals surface area contributed by atoms with Gasteiger partial charge in [-0.2, -0.15) is 0 Å². The Labute approximate surface area is 166 Å². The van der Waals surface area contributed by atoms with E-state index in [2.05, 4.69) is 86.0 Å². The monoisotopic (exact) mass is 370 g/mol. The average molecular weight is 370 g/mol. The highest BCUT2D eigenvalue weighted by atomic mass is 16.5. The largest absolute Gasteiger partial charge is 0.493 e. The summed E-state index contributed by atoms with van der Waals surface area (Å²) in [6.45, 7) is 7.87. The molecule has 0 aliphatic carbocycles. The van der Waals surface area contributed by atoms with Crippen LogP contribution in [0.4, 0.5) is 0 Å². The molecule has 0 fully saturated rings. The van der Waals surface area contributed by atoms with Crippen molar-refractivity contribution in [2.24, 2.45) is 0 Å². The number of ether oxygens (including phenoxy) is 1. The highest BCUT2D eigenvalue weighted by molar-refractivity contribution is 5.80. The maximum absolute atomic E-state index is 6.11. The van der Waals surface area contributed by atoms with Crippen LogP contribution in [0.25, 0.3) is 22.4 Å². The van der Waals surface area contributed by atoms with E-state index in [0.717, 1.165) is 35.6 Å². The molecule has 4 rings (SSSR count). The smallest absolute Gasteiger partial charge is 0.141 e. The van der Waals surface area contributed by atoms with Crippen LogP contribution in [0.15, 0.2) is 66.7 Å². The quantitative estimate of drug-likeness (QED) is 0.384. The predicted octanol–water partition coefficient (Wildman–Crippen LogP) is 6.10. The summed E-state index contributed by atoms with van der Waals surface area (Å²) in [5.74, 6) is 2.04. The van der Waals surface area contributed by atoms with E-state index in [-0.39, 0.29) is 0 Å². The normalized spacial score (nSPS) is 11.1. The third kappa shape index (κ3) is 3.65. The van der Waals surface area contributed by atoms with Gasteiger partial charge in [0.05, 0.1) is 17.6 Å². The zero-order valence-electron chi connectivity index (χ0n) is 16.8. The van der Waals surface area contributed by atoms with Crippen LogP contribution in [0.3, 0.4) is 0 Å². The van der Waals surface area contributed by atoms with Crippen LogP contribution in [0.2, 0.25) is 0 Å². The molecule has 0 radical (unpaired) electrons. The van der Waals surface area contributed by atoms with Gasteiger partial charge in [-0.3, -0.25) is 0 Å². The molecule has 1 heterocycles. The van der Waals surface area contributed by atoms with Crippen molar-refractivity contribution in [3.05, 3.63) is 83.4 Å². The van der Waals surface area contributed by atoms with Crippen LogP contribution in [0.5, 0.6) is 5.75 Å². The predicted molar refractivity (Wildman–Crippen MR) is 116 cm³/mol. The van der Waals surface area contributed by atoms with Gasteiger partial charge in [0.2, 0.25) is 0 Å². The Kier molecular flexibility index (Phi) is 5.16. The van der Waals surface area contributed by atoms with E-state index < -0.39 is 0 Å². The second-order valence-electron chi connectivity index (χ2n) is 7.37. The molecule has 0 unspecified atom stereocenters. The maximum atomic E-state index is 6.11. The highest BCUT2D eigenvalue weighted by Crippen LogP contribution is 2.26. The first kappa shape index (κ1) is 18.3. The third-order valence-corrected chi connectivity index (χ3v) is 5.11. The minimum atomic E-state index is 0.686. The van der Waals surface area contributed by atoms with Gasteiger partial charge < -0.3 is 9.30 Å². The lowest BCUT2D eigenvalue weighted by Crippen LogP contribution is -2.07. The molecule has 3 aromatic carbocycles. The van der Waals surface area contributed by atoms with Crippen LogP contribution < -0.4 is 4.74 Å². The topological polar surface area (TPSA) is 27.1 Å². The first-order chi connectivity index (χ1) is 13.6. The second-order valence-corrected chi connectivity index (χ2v) is 7.37. The molecule has 0 aliphatic heterocycles. The zero-order chi connectivity index (χ0) is 19.5. The standard InChI is InChI=1S/C25H26N2O/c1-18-9-6-12-21(17-18)25-26-22-13-4-5-14-23(22)27(25)15-8-16-28-24-19(2)10-7-11-20(24)3/h4-7,9-14,17H,8,15-16H2,1-3H3. The van der Waals surface area contributed by atoms with Gasteiger partial charge >= 0.3 is 0 Å². The maximum Gasteiger partial charge on any atom is 0.141 e.